The molecule has 3 rings (SSSR count). The molecule has 0 aliphatic carbocycles. The molecule has 180 valence electrons. The van der Waals surface area contributed by atoms with Gasteiger partial charge in [-0.05, 0) is 58.5 Å². The Hall–Kier alpha value is -2.00. The van der Waals surface area contributed by atoms with Gasteiger partial charge in [0.05, 0.1) is 6.61 Å². The predicted molar refractivity (Wildman–Crippen MR) is 137 cm³/mol. The molecular weight excluding hydrogens is 414 g/mol. The fourth-order valence-electron chi connectivity index (χ4n) is 4.57. The summed E-state index contributed by atoms with van der Waals surface area (Å²) in [5, 5.41) is 5.00. The van der Waals surface area contributed by atoms with E-state index in [1.807, 2.05) is 0 Å². The summed E-state index contributed by atoms with van der Waals surface area (Å²) in [6.07, 6.45) is 9.69. The van der Waals surface area contributed by atoms with E-state index in [9.17, 15) is 8.78 Å². The molecule has 3 aromatic rings. The maximum absolute atomic E-state index is 13.9. The molecule has 0 radical (unpaired) electrons. The summed E-state index contributed by atoms with van der Waals surface area (Å²) >= 11 is 0. The van der Waals surface area contributed by atoms with Crippen LogP contribution in [-0.2, 0) is 11.3 Å². The highest BCUT2D eigenvalue weighted by Gasteiger charge is 2.26. The lowest BCUT2D eigenvalue weighted by atomic mass is 10.00. The summed E-state index contributed by atoms with van der Waals surface area (Å²) in [6, 6.07) is 19.3. The molecule has 33 heavy (non-hydrogen) atoms. The van der Waals surface area contributed by atoms with Gasteiger partial charge in [-0.1, -0.05) is 94.3 Å². The SMILES string of the molecule is CCCCCCCC(F)(F)CCCCCCCOCc1cccc2cc3ccccc3cc12. The molecule has 0 heterocycles. The second-order valence-corrected chi connectivity index (χ2v) is 9.43. The Kier molecular flexibility index (Phi) is 10.6. The van der Waals surface area contributed by atoms with E-state index < -0.39 is 5.92 Å². The fraction of sp³-hybridized carbons (Fsp3) is 0.533. The first kappa shape index (κ1) is 25.6. The molecule has 0 unspecified atom stereocenters. The van der Waals surface area contributed by atoms with E-state index in [1.165, 1.54) is 27.1 Å². The normalized spacial score (nSPS) is 12.1. The molecule has 0 bridgehead atoms. The zero-order valence-electron chi connectivity index (χ0n) is 20.3. The zero-order chi connectivity index (χ0) is 23.4. The molecule has 0 aliphatic rings. The first-order chi connectivity index (χ1) is 16.1. The summed E-state index contributed by atoms with van der Waals surface area (Å²) in [5.74, 6) is -2.47. The maximum Gasteiger partial charge on any atom is 0.248 e. The van der Waals surface area contributed by atoms with E-state index in [0.29, 0.717) is 19.4 Å². The van der Waals surface area contributed by atoms with E-state index in [4.69, 9.17) is 4.74 Å². The first-order valence-corrected chi connectivity index (χ1v) is 12.9. The van der Waals surface area contributed by atoms with Crippen molar-refractivity contribution in [3.63, 3.8) is 0 Å². The predicted octanol–water partition coefficient (Wildman–Crippen LogP) is 9.85. The van der Waals surface area contributed by atoms with Crippen LogP contribution in [0.25, 0.3) is 21.5 Å². The molecule has 0 atom stereocenters. The highest BCUT2D eigenvalue weighted by atomic mass is 19.3. The average Bonchev–Trinajstić information content (AvgIpc) is 2.81. The van der Waals surface area contributed by atoms with Gasteiger partial charge in [-0.25, -0.2) is 8.78 Å². The van der Waals surface area contributed by atoms with E-state index in [0.717, 1.165) is 58.0 Å². The molecule has 0 saturated heterocycles. The van der Waals surface area contributed by atoms with Crippen molar-refractivity contribution in [2.24, 2.45) is 0 Å². The van der Waals surface area contributed by atoms with Crippen LogP contribution in [0.2, 0.25) is 0 Å². The third kappa shape index (κ3) is 8.70. The van der Waals surface area contributed by atoms with Gasteiger partial charge < -0.3 is 4.74 Å². The van der Waals surface area contributed by atoms with Crippen LogP contribution in [0.1, 0.15) is 89.5 Å². The van der Waals surface area contributed by atoms with Crippen LogP contribution in [0.3, 0.4) is 0 Å². The highest BCUT2D eigenvalue weighted by molar-refractivity contribution is 5.99. The fourth-order valence-corrected chi connectivity index (χ4v) is 4.57. The van der Waals surface area contributed by atoms with Crippen LogP contribution in [0.15, 0.2) is 54.6 Å². The van der Waals surface area contributed by atoms with Crippen LogP contribution in [0.5, 0.6) is 0 Å². The smallest absolute Gasteiger partial charge is 0.248 e. The average molecular weight is 455 g/mol. The van der Waals surface area contributed by atoms with Crippen molar-refractivity contribution in [3.8, 4) is 0 Å². The summed E-state index contributed by atoms with van der Waals surface area (Å²) in [7, 11) is 0. The van der Waals surface area contributed by atoms with Crippen molar-refractivity contribution >= 4 is 21.5 Å². The first-order valence-electron chi connectivity index (χ1n) is 12.9. The Bertz CT molecular complexity index is 966. The minimum absolute atomic E-state index is 0.0487. The second-order valence-electron chi connectivity index (χ2n) is 9.43. The maximum atomic E-state index is 13.9. The highest BCUT2D eigenvalue weighted by Crippen LogP contribution is 2.29. The Morgan fingerprint density at radius 2 is 1.27 bits per heavy atom. The van der Waals surface area contributed by atoms with E-state index >= 15 is 0 Å². The van der Waals surface area contributed by atoms with Crippen LogP contribution in [0, 0.1) is 0 Å². The van der Waals surface area contributed by atoms with Crippen LogP contribution >= 0.6 is 0 Å². The lowest BCUT2D eigenvalue weighted by molar-refractivity contribution is -0.0207. The number of alkyl halides is 2. The molecule has 0 saturated carbocycles. The van der Waals surface area contributed by atoms with Gasteiger partial charge in [0.2, 0.25) is 5.92 Å². The number of unbranched alkanes of at least 4 members (excludes halogenated alkanes) is 8. The number of hydrogen-bond donors (Lipinski definition) is 0. The van der Waals surface area contributed by atoms with Crippen molar-refractivity contribution in [2.45, 2.75) is 96.5 Å². The van der Waals surface area contributed by atoms with Gasteiger partial charge in [0, 0.05) is 19.4 Å². The standard InChI is InChI=1S/C30H40F2O/c1-2-3-4-6-11-19-30(31,32)20-12-7-5-8-13-21-33-24-28-18-14-17-27-22-25-15-9-10-16-26(25)23-29(27)28/h9-10,14-18,22-23H,2-8,11-13,19-21,24H2,1H3. The van der Waals surface area contributed by atoms with Gasteiger partial charge in [0.25, 0.3) is 0 Å². The number of fused-ring (bicyclic) bond motifs is 2. The lowest BCUT2D eigenvalue weighted by Gasteiger charge is -2.16. The van der Waals surface area contributed by atoms with Crippen molar-refractivity contribution < 1.29 is 13.5 Å². The van der Waals surface area contributed by atoms with Crippen molar-refractivity contribution in [1.29, 1.82) is 0 Å². The number of halogens is 2. The Morgan fingerprint density at radius 3 is 2.00 bits per heavy atom. The molecule has 3 aromatic carbocycles. The quantitative estimate of drug-likeness (QED) is 0.154. The molecule has 0 aromatic heterocycles. The van der Waals surface area contributed by atoms with Crippen molar-refractivity contribution in [1.82, 2.24) is 0 Å². The van der Waals surface area contributed by atoms with Crippen LogP contribution < -0.4 is 0 Å². The number of rotatable bonds is 16. The van der Waals surface area contributed by atoms with Crippen LogP contribution in [0.4, 0.5) is 8.78 Å². The molecular formula is C30H40F2O. The number of ether oxygens (including phenoxy) is 1. The molecule has 3 heteroatoms. The lowest BCUT2D eigenvalue weighted by Crippen LogP contribution is -2.15. The monoisotopic (exact) mass is 454 g/mol. The van der Waals surface area contributed by atoms with Gasteiger partial charge in [-0.2, -0.15) is 0 Å². The van der Waals surface area contributed by atoms with E-state index in [2.05, 4.69) is 61.5 Å². The molecule has 0 aliphatic heterocycles. The van der Waals surface area contributed by atoms with Gasteiger partial charge in [0.1, 0.15) is 0 Å². The van der Waals surface area contributed by atoms with Gasteiger partial charge in [-0.3, -0.25) is 0 Å². The second kappa shape index (κ2) is 13.6. The molecule has 0 amide bonds. The summed E-state index contributed by atoms with van der Waals surface area (Å²) in [4.78, 5) is 0. The third-order valence-electron chi connectivity index (χ3n) is 6.57. The summed E-state index contributed by atoms with van der Waals surface area (Å²) in [6.45, 7) is 3.48. The summed E-state index contributed by atoms with van der Waals surface area (Å²) in [5.41, 5.74) is 1.22. The number of hydrogen-bond acceptors (Lipinski definition) is 1. The third-order valence-corrected chi connectivity index (χ3v) is 6.57. The Labute approximate surface area is 198 Å². The van der Waals surface area contributed by atoms with E-state index in [1.54, 1.807) is 0 Å². The largest absolute Gasteiger partial charge is 0.377 e. The molecule has 0 N–H and O–H groups in total. The summed E-state index contributed by atoms with van der Waals surface area (Å²) < 4.78 is 33.8. The van der Waals surface area contributed by atoms with E-state index in [-0.39, 0.29) is 12.8 Å². The van der Waals surface area contributed by atoms with Gasteiger partial charge in [-0.15, -0.1) is 0 Å². The molecule has 0 fully saturated rings. The molecule has 0 spiro atoms. The molecule has 1 nitrogen and oxygen atoms in total. The Morgan fingerprint density at radius 1 is 0.667 bits per heavy atom. The Balaban J connectivity index is 1.28. The van der Waals surface area contributed by atoms with Gasteiger partial charge >= 0.3 is 0 Å². The number of benzene rings is 3. The van der Waals surface area contributed by atoms with Crippen molar-refractivity contribution in [3.05, 3.63) is 60.2 Å². The zero-order valence-corrected chi connectivity index (χ0v) is 20.3. The topological polar surface area (TPSA) is 9.23 Å². The minimum atomic E-state index is -2.47. The minimum Gasteiger partial charge on any atom is -0.377 e. The van der Waals surface area contributed by atoms with Crippen LogP contribution in [-0.4, -0.2) is 12.5 Å². The van der Waals surface area contributed by atoms with Gasteiger partial charge in [0.15, 0.2) is 0 Å². The van der Waals surface area contributed by atoms with Crippen molar-refractivity contribution in [2.75, 3.05) is 6.61 Å².